The zero-order valence-corrected chi connectivity index (χ0v) is 21.6. The van der Waals surface area contributed by atoms with Crippen LogP contribution in [0.4, 0.5) is 10.2 Å². The fourth-order valence-electron chi connectivity index (χ4n) is 4.12. The average Bonchev–Trinajstić information content (AvgIpc) is 2.92. The smallest absolute Gasteiger partial charge is 0.169 e. The van der Waals surface area contributed by atoms with Gasteiger partial charge in [-0.15, -0.1) is 11.6 Å². The van der Waals surface area contributed by atoms with Crippen LogP contribution in [0, 0.1) is 5.82 Å². The monoisotopic (exact) mass is 540 g/mol. The highest BCUT2D eigenvalue weighted by Crippen LogP contribution is 2.27. The van der Waals surface area contributed by atoms with Gasteiger partial charge in [-0.3, -0.25) is 0 Å². The molecule has 0 unspecified atom stereocenters. The van der Waals surface area contributed by atoms with E-state index in [1.807, 2.05) is 36.4 Å². The molecule has 10 heteroatoms. The van der Waals surface area contributed by atoms with Gasteiger partial charge in [0.05, 0.1) is 17.1 Å². The van der Waals surface area contributed by atoms with Crippen molar-refractivity contribution < 1.29 is 4.39 Å². The van der Waals surface area contributed by atoms with Crippen molar-refractivity contribution in [2.75, 3.05) is 31.1 Å². The van der Waals surface area contributed by atoms with Crippen LogP contribution in [0.1, 0.15) is 11.4 Å². The van der Waals surface area contributed by atoms with Crippen molar-refractivity contribution in [1.29, 1.82) is 0 Å². The molecule has 0 radical (unpaired) electrons. The highest BCUT2D eigenvalue weighted by molar-refractivity contribution is 7.80. The van der Waals surface area contributed by atoms with E-state index in [-0.39, 0.29) is 11.7 Å². The molecule has 36 heavy (non-hydrogen) atoms. The molecule has 6 nitrogen and oxygen atoms in total. The summed E-state index contributed by atoms with van der Waals surface area (Å²) in [4.78, 5) is 18.5. The van der Waals surface area contributed by atoms with Gasteiger partial charge in [-0.1, -0.05) is 23.7 Å². The number of piperazine rings is 1. The van der Waals surface area contributed by atoms with Crippen molar-refractivity contribution in [2.45, 2.75) is 12.4 Å². The zero-order valence-electron chi connectivity index (χ0n) is 19.3. The third-order valence-corrected chi connectivity index (χ3v) is 6.95. The minimum atomic E-state index is -0.284. The van der Waals surface area contributed by atoms with Gasteiger partial charge < -0.3 is 15.1 Å². The topological polar surface area (TPSA) is 57.2 Å². The van der Waals surface area contributed by atoms with E-state index in [9.17, 15) is 4.39 Å². The first-order valence-corrected chi connectivity index (χ1v) is 12.8. The number of alkyl halides is 1. The van der Waals surface area contributed by atoms with E-state index in [4.69, 9.17) is 45.4 Å². The van der Waals surface area contributed by atoms with Gasteiger partial charge in [0, 0.05) is 43.3 Å². The highest BCUT2D eigenvalue weighted by Gasteiger charge is 2.23. The average molecular weight is 541 g/mol. The van der Waals surface area contributed by atoms with Gasteiger partial charge in [0.1, 0.15) is 17.2 Å². The number of anilines is 1. The molecule has 0 bridgehead atoms. The molecule has 3 heterocycles. The molecule has 0 aliphatic carbocycles. The Morgan fingerprint density at radius 1 is 0.917 bits per heavy atom. The Balaban J connectivity index is 1.32. The summed E-state index contributed by atoms with van der Waals surface area (Å²) in [6, 6.07) is 17.8. The van der Waals surface area contributed by atoms with E-state index >= 15 is 0 Å². The van der Waals surface area contributed by atoms with E-state index in [0.717, 1.165) is 59.4 Å². The zero-order chi connectivity index (χ0) is 25.1. The normalized spacial score (nSPS) is 13.8. The number of halogens is 3. The number of hydrogen-bond donors (Lipinski definition) is 1. The molecule has 1 aliphatic heterocycles. The van der Waals surface area contributed by atoms with Crippen molar-refractivity contribution in [3.05, 3.63) is 82.9 Å². The van der Waals surface area contributed by atoms with Crippen molar-refractivity contribution in [3.8, 4) is 11.3 Å². The summed E-state index contributed by atoms with van der Waals surface area (Å²) in [5.41, 5.74) is 4.10. The lowest BCUT2D eigenvalue weighted by Crippen LogP contribution is -2.51. The van der Waals surface area contributed by atoms with Crippen molar-refractivity contribution in [1.82, 2.24) is 25.2 Å². The van der Waals surface area contributed by atoms with Crippen molar-refractivity contribution in [3.63, 3.8) is 0 Å². The summed E-state index contributed by atoms with van der Waals surface area (Å²) in [6.07, 6.45) is 0. The van der Waals surface area contributed by atoms with Gasteiger partial charge in [0.15, 0.2) is 10.9 Å². The molecule has 2 aromatic carbocycles. The molecule has 1 fully saturated rings. The fraction of sp³-hybridized carbons (Fsp3) is 0.231. The third kappa shape index (κ3) is 5.51. The Morgan fingerprint density at radius 2 is 1.64 bits per heavy atom. The number of aromatic nitrogens is 3. The Hall–Kier alpha value is -3.07. The molecule has 1 aliphatic rings. The summed E-state index contributed by atoms with van der Waals surface area (Å²) < 4.78 is 13.4. The van der Waals surface area contributed by atoms with Crippen LogP contribution in [-0.4, -0.2) is 51.1 Å². The van der Waals surface area contributed by atoms with E-state index in [1.165, 1.54) is 12.1 Å². The molecule has 184 valence electrons. The largest absolute Gasteiger partial charge is 0.358 e. The lowest BCUT2D eigenvalue weighted by atomic mass is 10.1. The molecule has 1 N–H and O–H groups in total. The van der Waals surface area contributed by atoms with Gasteiger partial charge in [-0.2, -0.15) is 0 Å². The lowest BCUT2D eigenvalue weighted by molar-refractivity contribution is 0.379. The van der Waals surface area contributed by atoms with Crippen LogP contribution in [0.3, 0.4) is 0 Å². The number of fused-ring (bicyclic) bond motifs is 1. The molecule has 2 aromatic heterocycles. The summed E-state index contributed by atoms with van der Waals surface area (Å²) in [5, 5.41) is 4.77. The van der Waals surface area contributed by atoms with Crippen LogP contribution in [0.15, 0.2) is 60.7 Å². The van der Waals surface area contributed by atoms with E-state index in [0.29, 0.717) is 22.9 Å². The molecule has 0 atom stereocenters. The second-order valence-corrected chi connectivity index (χ2v) is 9.52. The molecule has 0 spiro atoms. The summed E-state index contributed by atoms with van der Waals surface area (Å²) >= 11 is 17.7. The Bertz CT molecular complexity index is 1380. The Morgan fingerprint density at radius 3 is 2.33 bits per heavy atom. The quantitative estimate of drug-likeness (QED) is 0.268. The predicted molar refractivity (Wildman–Crippen MR) is 147 cm³/mol. The molecule has 1 saturated heterocycles. The maximum absolute atomic E-state index is 13.4. The molecule has 0 amide bonds. The second kappa shape index (κ2) is 10.9. The first kappa shape index (κ1) is 24.6. The molecule has 5 rings (SSSR count). The number of rotatable bonds is 5. The van der Waals surface area contributed by atoms with Crippen LogP contribution >= 0.6 is 35.4 Å². The SMILES string of the molecule is Fc1ccc(-c2ccc3nc(CCl)nc(N4CCN(C(=S)NCc5ccc(Cl)cc5)CC4)c3n2)cc1. The Labute approximate surface area is 224 Å². The van der Waals surface area contributed by atoms with Crippen LogP contribution in [-0.2, 0) is 12.4 Å². The van der Waals surface area contributed by atoms with Gasteiger partial charge in [0.25, 0.3) is 0 Å². The fourth-order valence-corrected chi connectivity index (χ4v) is 4.62. The summed E-state index contributed by atoms with van der Waals surface area (Å²) in [7, 11) is 0. The van der Waals surface area contributed by atoms with Crippen LogP contribution in [0.5, 0.6) is 0 Å². The first-order valence-electron chi connectivity index (χ1n) is 11.5. The number of hydrogen-bond acceptors (Lipinski definition) is 5. The van der Waals surface area contributed by atoms with Crippen LogP contribution < -0.4 is 10.2 Å². The number of benzene rings is 2. The second-order valence-electron chi connectivity index (χ2n) is 8.43. The summed E-state index contributed by atoms with van der Waals surface area (Å²) in [6.45, 7) is 3.57. The molecule has 4 aromatic rings. The summed E-state index contributed by atoms with van der Waals surface area (Å²) in [5.74, 6) is 1.23. The van der Waals surface area contributed by atoms with Crippen LogP contribution in [0.2, 0.25) is 5.02 Å². The first-order chi connectivity index (χ1) is 17.5. The number of nitrogens with one attached hydrogen (secondary N) is 1. The minimum Gasteiger partial charge on any atom is -0.358 e. The van der Waals surface area contributed by atoms with Gasteiger partial charge >= 0.3 is 0 Å². The molecule has 0 saturated carbocycles. The molecular formula is C26H23Cl2FN6S. The van der Waals surface area contributed by atoms with Crippen molar-refractivity contribution in [2.24, 2.45) is 0 Å². The number of nitrogens with zero attached hydrogens (tertiary/aromatic N) is 5. The van der Waals surface area contributed by atoms with Gasteiger partial charge in [0.2, 0.25) is 0 Å². The van der Waals surface area contributed by atoms with Gasteiger partial charge in [-0.25, -0.2) is 19.3 Å². The highest BCUT2D eigenvalue weighted by atomic mass is 35.5. The van der Waals surface area contributed by atoms with E-state index in [2.05, 4.69) is 20.1 Å². The predicted octanol–water partition coefficient (Wildman–Crippen LogP) is 5.42. The van der Waals surface area contributed by atoms with Crippen LogP contribution in [0.25, 0.3) is 22.3 Å². The number of thiocarbonyl (C=S) groups is 1. The minimum absolute atomic E-state index is 0.210. The maximum atomic E-state index is 13.4. The number of pyridine rings is 1. The van der Waals surface area contributed by atoms with Crippen molar-refractivity contribution >= 4 is 57.4 Å². The maximum Gasteiger partial charge on any atom is 0.169 e. The standard InChI is InChI=1S/C26H23Cl2FN6S/c27-15-23-31-22-10-9-21(18-3-7-20(29)8-4-18)32-24(22)25(33-23)34-11-13-35(14-12-34)26(36)30-16-17-1-5-19(28)6-2-17/h1-10H,11-16H2,(H,30,36). The van der Waals surface area contributed by atoms with Gasteiger partial charge in [-0.05, 0) is 66.3 Å². The van der Waals surface area contributed by atoms with E-state index in [1.54, 1.807) is 12.1 Å². The van der Waals surface area contributed by atoms with E-state index < -0.39 is 0 Å². The molecular weight excluding hydrogens is 518 g/mol. The Kier molecular flexibility index (Phi) is 7.46. The lowest BCUT2D eigenvalue weighted by Gasteiger charge is -2.37. The third-order valence-electron chi connectivity index (χ3n) is 6.05.